The molecule has 4 rings (SSSR count). The van der Waals surface area contributed by atoms with Crippen LogP contribution < -0.4 is 14.8 Å². The average molecular weight is 475 g/mol. The first kappa shape index (κ1) is 23.4. The lowest BCUT2D eigenvalue weighted by atomic mass is 10.1. The van der Waals surface area contributed by atoms with Gasteiger partial charge >= 0.3 is 0 Å². The number of anilines is 1. The summed E-state index contributed by atoms with van der Waals surface area (Å²) in [5.41, 5.74) is 3.79. The van der Waals surface area contributed by atoms with Crippen molar-refractivity contribution in [3.63, 3.8) is 0 Å². The number of nitrogens with one attached hydrogen (secondary N) is 1. The van der Waals surface area contributed by atoms with Crippen LogP contribution in [-0.2, 0) is 11.4 Å². The molecule has 0 fully saturated rings. The summed E-state index contributed by atoms with van der Waals surface area (Å²) in [5, 5.41) is 12.3. The quantitative estimate of drug-likeness (QED) is 0.336. The Bertz CT molecular complexity index is 1260. The molecule has 1 N–H and O–H groups in total. The van der Waals surface area contributed by atoms with Crippen molar-refractivity contribution in [1.82, 2.24) is 14.8 Å². The largest absolute Gasteiger partial charge is 0.497 e. The molecule has 7 nitrogen and oxygen atoms in total. The van der Waals surface area contributed by atoms with Crippen molar-refractivity contribution in [2.75, 3.05) is 18.2 Å². The second kappa shape index (κ2) is 10.9. The second-order valence-electron chi connectivity index (χ2n) is 7.69. The van der Waals surface area contributed by atoms with Gasteiger partial charge in [-0.1, -0.05) is 42.1 Å². The molecule has 8 heteroatoms. The third kappa shape index (κ3) is 5.77. The Hall–Kier alpha value is -3.78. The molecule has 1 heterocycles. The zero-order valence-corrected chi connectivity index (χ0v) is 20.1. The predicted molar refractivity (Wildman–Crippen MR) is 134 cm³/mol. The molecule has 0 spiro atoms. The van der Waals surface area contributed by atoms with Crippen molar-refractivity contribution >= 4 is 23.4 Å². The first-order valence-corrected chi connectivity index (χ1v) is 11.8. The molecular formula is C26H26N4O3S. The number of hydrogen-bond donors (Lipinski definition) is 1. The van der Waals surface area contributed by atoms with Gasteiger partial charge < -0.3 is 14.8 Å². The van der Waals surface area contributed by atoms with Gasteiger partial charge in [0.2, 0.25) is 5.91 Å². The zero-order chi connectivity index (χ0) is 23.9. The zero-order valence-electron chi connectivity index (χ0n) is 19.3. The van der Waals surface area contributed by atoms with E-state index in [1.165, 1.54) is 11.8 Å². The van der Waals surface area contributed by atoms with Crippen LogP contribution in [0.15, 0.2) is 78.0 Å². The van der Waals surface area contributed by atoms with Crippen LogP contribution in [0.5, 0.6) is 11.5 Å². The topological polar surface area (TPSA) is 78.3 Å². The summed E-state index contributed by atoms with van der Waals surface area (Å²) < 4.78 is 13.1. The maximum atomic E-state index is 12.7. The molecule has 4 aromatic rings. The summed E-state index contributed by atoms with van der Waals surface area (Å²) in [6.07, 6.45) is 0. The summed E-state index contributed by atoms with van der Waals surface area (Å²) in [7, 11) is 1.63. The van der Waals surface area contributed by atoms with E-state index in [1.807, 2.05) is 91.2 Å². The van der Waals surface area contributed by atoms with Gasteiger partial charge in [0.05, 0.1) is 12.9 Å². The van der Waals surface area contributed by atoms with Crippen molar-refractivity contribution in [2.24, 2.45) is 0 Å². The number of ether oxygens (including phenoxy) is 2. The van der Waals surface area contributed by atoms with Gasteiger partial charge in [-0.05, 0) is 67.4 Å². The van der Waals surface area contributed by atoms with E-state index in [0.29, 0.717) is 11.0 Å². The minimum atomic E-state index is -0.106. The minimum absolute atomic E-state index is 0.106. The van der Waals surface area contributed by atoms with Crippen LogP contribution in [0.1, 0.15) is 17.0 Å². The van der Waals surface area contributed by atoms with Gasteiger partial charge in [-0.25, -0.2) is 0 Å². The van der Waals surface area contributed by atoms with Gasteiger partial charge in [0.25, 0.3) is 0 Å². The van der Waals surface area contributed by atoms with Gasteiger partial charge in [-0.15, -0.1) is 10.2 Å². The van der Waals surface area contributed by atoms with E-state index in [2.05, 4.69) is 15.5 Å². The molecule has 0 aliphatic carbocycles. The first-order valence-electron chi connectivity index (χ1n) is 10.8. The molecule has 0 unspecified atom stereocenters. The number of benzene rings is 3. The number of hydrogen-bond acceptors (Lipinski definition) is 6. The molecule has 0 atom stereocenters. The van der Waals surface area contributed by atoms with Gasteiger partial charge in [0, 0.05) is 11.4 Å². The lowest BCUT2D eigenvalue weighted by Gasteiger charge is -2.12. The van der Waals surface area contributed by atoms with Crippen molar-refractivity contribution in [1.29, 1.82) is 0 Å². The Morgan fingerprint density at radius 3 is 2.47 bits per heavy atom. The molecule has 0 aliphatic heterocycles. The van der Waals surface area contributed by atoms with Gasteiger partial charge in [-0.2, -0.15) is 0 Å². The molecule has 0 bridgehead atoms. The van der Waals surface area contributed by atoms with E-state index in [9.17, 15) is 4.79 Å². The Kier molecular flexibility index (Phi) is 7.49. The summed E-state index contributed by atoms with van der Waals surface area (Å²) >= 11 is 1.32. The molecule has 0 radical (unpaired) electrons. The van der Waals surface area contributed by atoms with Crippen LogP contribution in [0.2, 0.25) is 0 Å². The predicted octanol–water partition coefficient (Wildman–Crippen LogP) is 5.20. The number of carbonyl (C=O) groups is 1. The minimum Gasteiger partial charge on any atom is -0.497 e. The highest BCUT2D eigenvalue weighted by molar-refractivity contribution is 7.99. The van der Waals surface area contributed by atoms with Crippen LogP contribution in [-0.4, -0.2) is 33.5 Å². The molecule has 0 aliphatic rings. The Labute approximate surface area is 203 Å². The molecule has 1 aromatic heterocycles. The Balaban J connectivity index is 1.52. The number of aryl methyl sites for hydroxylation is 2. The number of thioether (sulfide) groups is 1. The SMILES string of the molecule is COc1ccc(-n2c(COc3ccccc3)nnc2SCC(=O)Nc2cc(C)ccc2C)cc1. The molecular weight excluding hydrogens is 448 g/mol. The highest BCUT2D eigenvalue weighted by Crippen LogP contribution is 2.25. The van der Waals surface area contributed by atoms with Crippen LogP contribution in [0.4, 0.5) is 5.69 Å². The van der Waals surface area contributed by atoms with Crippen LogP contribution in [0, 0.1) is 13.8 Å². The number of amides is 1. The van der Waals surface area contributed by atoms with Crippen LogP contribution in [0.3, 0.4) is 0 Å². The van der Waals surface area contributed by atoms with E-state index in [-0.39, 0.29) is 18.3 Å². The standard InChI is InChI=1S/C26H26N4O3S/c1-18-9-10-19(2)23(15-18)27-25(31)17-34-26-29-28-24(16-33-22-7-5-4-6-8-22)30(26)20-11-13-21(32-3)14-12-20/h4-15H,16-17H2,1-3H3,(H,27,31). The number of carbonyl (C=O) groups excluding carboxylic acids is 1. The fourth-order valence-corrected chi connectivity index (χ4v) is 4.10. The Morgan fingerprint density at radius 2 is 1.74 bits per heavy atom. The van der Waals surface area contributed by atoms with E-state index in [0.717, 1.165) is 34.0 Å². The molecule has 3 aromatic carbocycles. The van der Waals surface area contributed by atoms with Gasteiger partial charge in [-0.3, -0.25) is 9.36 Å². The molecule has 1 amide bonds. The van der Waals surface area contributed by atoms with Crippen molar-refractivity contribution in [3.05, 3.63) is 89.7 Å². The summed E-state index contributed by atoms with van der Waals surface area (Å²) in [4.78, 5) is 12.7. The highest BCUT2D eigenvalue weighted by Gasteiger charge is 2.17. The van der Waals surface area contributed by atoms with Crippen LogP contribution in [0.25, 0.3) is 5.69 Å². The smallest absolute Gasteiger partial charge is 0.234 e. The van der Waals surface area contributed by atoms with Crippen LogP contribution >= 0.6 is 11.8 Å². The normalized spacial score (nSPS) is 10.7. The number of rotatable bonds is 9. The number of para-hydroxylation sites is 1. The maximum absolute atomic E-state index is 12.7. The van der Waals surface area contributed by atoms with E-state index >= 15 is 0 Å². The lowest BCUT2D eigenvalue weighted by Crippen LogP contribution is -2.15. The fraction of sp³-hybridized carbons (Fsp3) is 0.192. The second-order valence-corrected chi connectivity index (χ2v) is 8.63. The summed E-state index contributed by atoms with van der Waals surface area (Å²) in [5.74, 6) is 2.22. The highest BCUT2D eigenvalue weighted by atomic mass is 32.2. The van der Waals surface area contributed by atoms with Crippen molar-refractivity contribution in [2.45, 2.75) is 25.6 Å². The Morgan fingerprint density at radius 1 is 0.971 bits per heavy atom. The molecule has 0 saturated carbocycles. The van der Waals surface area contributed by atoms with Gasteiger partial charge in [0.15, 0.2) is 11.0 Å². The lowest BCUT2D eigenvalue weighted by molar-refractivity contribution is -0.113. The van der Waals surface area contributed by atoms with E-state index < -0.39 is 0 Å². The van der Waals surface area contributed by atoms with Gasteiger partial charge in [0.1, 0.15) is 18.1 Å². The monoisotopic (exact) mass is 474 g/mol. The third-order valence-electron chi connectivity index (χ3n) is 5.14. The molecule has 0 saturated heterocycles. The summed E-state index contributed by atoms with van der Waals surface area (Å²) in [6.45, 7) is 4.21. The fourth-order valence-electron chi connectivity index (χ4n) is 3.33. The third-order valence-corrected chi connectivity index (χ3v) is 6.07. The first-order chi connectivity index (χ1) is 16.5. The molecule has 34 heavy (non-hydrogen) atoms. The van der Waals surface area contributed by atoms with Crippen molar-refractivity contribution in [3.8, 4) is 17.2 Å². The van der Waals surface area contributed by atoms with Crippen molar-refractivity contribution < 1.29 is 14.3 Å². The molecule has 174 valence electrons. The number of aromatic nitrogens is 3. The number of nitrogens with zero attached hydrogens (tertiary/aromatic N) is 3. The van der Waals surface area contributed by atoms with E-state index in [4.69, 9.17) is 9.47 Å². The van der Waals surface area contributed by atoms with E-state index in [1.54, 1.807) is 7.11 Å². The summed E-state index contributed by atoms with van der Waals surface area (Å²) in [6, 6.07) is 23.1. The average Bonchev–Trinajstić information content (AvgIpc) is 3.27. The maximum Gasteiger partial charge on any atom is 0.234 e. The number of methoxy groups -OCH3 is 1.